The van der Waals surface area contributed by atoms with Crippen molar-refractivity contribution in [3.8, 4) is 0 Å². The summed E-state index contributed by atoms with van der Waals surface area (Å²) in [6.45, 7) is 8.12. The molecule has 0 aliphatic carbocycles. The summed E-state index contributed by atoms with van der Waals surface area (Å²) in [5.41, 5.74) is 5.82. The van der Waals surface area contributed by atoms with Crippen molar-refractivity contribution in [1.29, 1.82) is 0 Å². The van der Waals surface area contributed by atoms with Crippen LogP contribution >= 0.6 is 11.3 Å². The minimum absolute atomic E-state index is 0.108. The second kappa shape index (κ2) is 6.90. The Kier molecular flexibility index (Phi) is 5.18. The fraction of sp³-hybridized carbons (Fsp3) is 0.389. The van der Waals surface area contributed by atoms with Crippen molar-refractivity contribution in [1.82, 2.24) is 0 Å². The van der Waals surface area contributed by atoms with Crippen molar-refractivity contribution in [3.05, 3.63) is 45.8 Å². The van der Waals surface area contributed by atoms with E-state index in [4.69, 9.17) is 0 Å². The van der Waals surface area contributed by atoms with Gasteiger partial charge in [-0.05, 0) is 54.8 Å². The Bertz CT molecular complexity index is 643. The summed E-state index contributed by atoms with van der Waals surface area (Å²) in [6, 6.07) is 5.95. The third-order valence-corrected chi connectivity index (χ3v) is 4.80. The Morgan fingerprint density at radius 1 is 1.29 bits per heavy atom. The van der Waals surface area contributed by atoms with Gasteiger partial charge in [-0.1, -0.05) is 32.4 Å². The number of rotatable bonds is 6. The number of carbonyl (C=O) groups is 1. The molecule has 1 aromatic heterocycles. The molecule has 2 aromatic rings. The summed E-state index contributed by atoms with van der Waals surface area (Å²) in [5, 5.41) is 6.97. The number of thiophene rings is 1. The first-order valence-corrected chi connectivity index (χ1v) is 8.42. The van der Waals surface area contributed by atoms with Crippen LogP contribution in [0.4, 0.5) is 10.7 Å². The highest BCUT2D eigenvalue weighted by atomic mass is 32.1. The Labute approximate surface area is 131 Å². The van der Waals surface area contributed by atoms with E-state index in [0.29, 0.717) is 0 Å². The number of Topliss-reactive ketones (excluding diaryl/α,β-unsaturated/α-hetero) is 1. The molecule has 112 valence electrons. The van der Waals surface area contributed by atoms with Crippen molar-refractivity contribution in [2.24, 2.45) is 0 Å². The molecular formula is C18H23NOS. The van der Waals surface area contributed by atoms with Gasteiger partial charge in [0.25, 0.3) is 0 Å². The van der Waals surface area contributed by atoms with Crippen LogP contribution in [0, 0.1) is 6.92 Å². The molecule has 0 amide bonds. The summed E-state index contributed by atoms with van der Waals surface area (Å²) in [7, 11) is 0. The van der Waals surface area contributed by atoms with Gasteiger partial charge in [-0.2, -0.15) is 0 Å². The lowest BCUT2D eigenvalue weighted by Crippen LogP contribution is -2.00. The lowest BCUT2D eigenvalue weighted by Gasteiger charge is -2.13. The van der Waals surface area contributed by atoms with E-state index in [1.807, 2.05) is 12.1 Å². The largest absolute Gasteiger partial charge is 0.347 e. The minimum atomic E-state index is 0.108. The number of carbonyl (C=O) groups excluding carboxylic acids is 1. The molecule has 0 bridgehead atoms. The molecule has 1 heterocycles. The molecule has 0 atom stereocenters. The third kappa shape index (κ3) is 3.53. The highest BCUT2D eigenvalue weighted by molar-refractivity contribution is 7.14. The molecule has 0 saturated heterocycles. The van der Waals surface area contributed by atoms with Crippen LogP contribution in [0.5, 0.6) is 0 Å². The minimum Gasteiger partial charge on any atom is -0.347 e. The molecule has 0 saturated carbocycles. The maximum Gasteiger partial charge on any atom is 0.159 e. The molecule has 1 N–H and O–H groups in total. The van der Waals surface area contributed by atoms with Crippen LogP contribution < -0.4 is 5.32 Å². The summed E-state index contributed by atoms with van der Waals surface area (Å²) < 4.78 is 0. The summed E-state index contributed by atoms with van der Waals surface area (Å²) >= 11 is 1.75. The second-order valence-electron chi connectivity index (χ2n) is 5.38. The first kappa shape index (κ1) is 15.8. The first-order valence-electron chi connectivity index (χ1n) is 7.54. The number of nitrogens with one attached hydrogen (secondary N) is 1. The lowest BCUT2D eigenvalue weighted by molar-refractivity contribution is 0.101. The van der Waals surface area contributed by atoms with Crippen molar-refractivity contribution >= 4 is 27.8 Å². The molecule has 3 heteroatoms. The number of aryl methyl sites for hydroxylation is 2. The smallest absolute Gasteiger partial charge is 0.159 e. The zero-order valence-corrected chi connectivity index (χ0v) is 14.1. The quantitative estimate of drug-likeness (QED) is 0.712. The summed E-state index contributed by atoms with van der Waals surface area (Å²) in [6.07, 6.45) is 3.18. The van der Waals surface area contributed by atoms with E-state index in [0.717, 1.165) is 30.5 Å². The molecule has 2 nitrogen and oxygen atoms in total. The lowest BCUT2D eigenvalue weighted by atomic mass is 10.0. The number of hydrogen-bond donors (Lipinski definition) is 1. The molecular weight excluding hydrogens is 278 g/mol. The van der Waals surface area contributed by atoms with Crippen molar-refractivity contribution in [2.45, 2.75) is 47.0 Å². The third-order valence-electron chi connectivity index (χ3n) is 3.75. The highest BCUT2D eigenvalue weighted by Crippen LogP contribution is 2.33. The van der Waals surface area contributed by atoms with Gasteiger partial charge in [0.05, 0.1) is 5.00 Å². The molecule has 21 heavy (non-hydrogen) atoms. The van der Waals surface area contributed by atoms with Gasteiger partial charge in [-0.25, -0.2) is 0 Å². The van der Waals surface area contributed by atoms with E-state index >= 15 is 0 Å². The maximum absolute atomic E-state index is 11.6. The second-order valence-corrected chi connectivity index (χ2v) is 6.26. The van der Waals surface area contributed by atoms with Gasteiger partial charge in [0.1, 0.15) is 0 Å². The number of hydrogen-bond acceptors (Lipinski definition) is 3. The predicted molar refractivity (Wildman–Crippen MR) is 92.2 cm³/mol. The fourth-order valence-corrected chi connectivity index (χ4v) is 3.49. The Morgan fingerprint density at radius 2 is 2.05 bits per heavy atom. The first-order chi connectivity index (χ1) is 10.1. The summed E-state index contributed by atoms with van der Waals surface area (Å²) in [5.74, 6) is 0.108. The Hall–Kier alpha value is -1.61. The van der Waals surface area contributed by atoms with Gasteiger partial charge in [0, 0.05) is 11.3 Å². The van der Waals surface area contributed by atoms with Gasteiger partial charge in [-0.3, -0.25) is 4.79 Å². The fourth-order valence-electron chi connectivity index (χ4n) is 2.48. The van der Waals surface area contributed by atoms with Crippen LogP contribution in [0.15, 0.2) is 23.6 Å². The molecule has 2 rings (SSSR count). The van der Waals surface area contributed by atoms with Gasteiger partial charge in [0.2, 0.25) is 0 Å². The van der Waals surface area contributed by atoms with Crippen molar-refractivity contribution in [2.75, 3.05) is 5.32 Å². The Balaban J connectivity index is 2.38. The number of anilines is 2. The standard InChI is InChI=1S/C18H23NOS/c1-5-7-16-12(3)11-21-18(16)19-17-10-15(13(4)20)9-8-14(17)6-2/h8-11,19H,5-7H2,1-4H3. The van der Waals surface area contributed by atoms with Crippen LogP contribution in [0.25, 0.3) is 0 Å². The van der Waals surface area contributed by atoms with E-state index in [1.165, 1.54) is 21.7 Å². The van der Waals surface area contributed by atoms with Crippen LogP contribution in [-0.4, -0.2) is 5.78 Å². The molecule has 0 aliphatic heterocycles. The Morgan fingerprint density at radius 3 is 2.67 bits per heavy atom. The molecule has 0 aliphatic rings. The zero-order valence-electron chi connectivity index (χ0n) is 13.2. The van der Waals surface area contributed by atoms with Crippen molar-refractivity contribution in [3.63, 3.8) is 0 Å². The normalized spacial score (nSPS) is 10.7. The van der Waals surface area contributed by atoms with Crippen LogP contribution in [0.1, 0.15) is 54.2 Å². The monoisotopic (exact) mass is 301 g/mol. The SMILES string of the molecule is CCCc1c(C)csc1Nc1cc(C(C)=O)ccc1CC. The number of benzene rings is 1. The van der Waals surface area contributed by atoms with Gasteiger partial charge in [-0.15, -0.1) is 11.3 Å². The summed E-state index contributed by atoms with van der Waals surface area (Å²) in [4.78, 5) is 11.6. The average molecular weight is 301 g/mol. The van der Waals surface area contributed by atoms with E-state index in [2.05, 4.69) is 37.5 Å². The van der Waals surface area contributed by atoms with Gasteiger partial charge in [0.15, 0.2) is 5.78 Å². The van der Waals surface area contributed by atoms with Gasteiger partial charge < -0.3 is 5.32 Å². The van der Waals surface area contributed by atoms with E-state index in [9.17, 15) is 4.79 Å². The van der Waals surface area contributed by atoms with Crippen LogP contribution in [0.2, 0.25) is 0 Å². The highest BCUT2D eigenvalue weighted by Gasteiger charge is 2.11. The predicted octanol–water partition coefficient (Wildman–Crippen LogP) is 5.52. The molecule has 0 spiro atoms. The van der Waals surface area contributed by atoms with Crippen LogP contribution in [0.3, 0.4) is 0 Å². The van der Waals surface area contributed by atoms with Gasteiger partial charge >= 0.3 is 0 Å². The molecule has 0 fully saturated rings. The maximum atomic E-state index is 11.6. The topological polar surface area (TPSA) is 29.1 Å². The van der Waals surface area contributed by atoms with E-state index < -0.39 is 0 Å². The van der Waals surface area contributed by atoms with Crippen molar-refractivity contribution < 1.29 is 4.79 Å². The van der Waals surface area contributed by atoms with E-state index in [1.54, 1.807) is 18.3 Å². The molecule has 0 radical (unpaired) electrons. The van der Waals surface area contributed by atoms with Crippen LogP contribution in [-0.2, 0) is 12.8 Å². The average Bonchev–Trinajstić information content (AvgIpc) is 2.80. The molecule has 0 unspecified atom stereocenters. The van der Waals surface area contributed by atoms with E-state index in [-0.39, 0.29) is 5.78 Å². The number of ketones is 1. The zero-order chi connectivity index (χ0) is 15.4. The molecule has 1 aromatic carbocycles.